The predicted molar refractivity (Wildman–Crippen MR) is 74.4 cm³/mol. The van der Waals surface area contributed by atoms with Gasteiger partial charge in [-0.25, -0.2) is 9.97 Å². The molecule has 0 unspecified atom stereocenters. The molecule has 0 fully saturated rings. The largest absolute Gasteiger partial charge is 0.233 e. The average molecular weight is 234 g/mol. The van der Waals surface area contributed by atoms with E-state index in [0.717, 1.165) is 22.8 Å². The Bertz CT molecular complexity index is 692. The molecule has 0 bridgehead atoms. The molecule has 2 aromatic carbocycles. The lowest BCUT2D eigenvalue weighted by atomic mass is 10.0. The van der Waals surface area contributed by atoms with Gasteiger partial charge in [-0.1, -0.05) is 42.5 Å². The fourth-order valence-corrected chi connectivity index (χ4v) is 2.27. The normalized spacial score (nSPS) is 10.8. The Balaban J connectivity index is 2.31. The third-order valence-electron chi connectivity index (χ3n) is 3.01. The van der Waals surface area contributed by atoms with Crippen LogP contribution < -0.4 is 0 Å². The summed E-state index contributed by atoms with van der Waals surface area (Å²) in [6.07, 6.45) is 0. The summed E-state index contributed by atoms with van der Waals surface area (Å²) in [5.41, 5.74) is 3.11. The Morgan fingerprint density at radius 1 is 0.778 bits per heavy atom. The molecule has 3 rings (SSSR count). The van der Waals surface area contributed by atoms with Gasteiger partial charge in [-0.3, -0.25) is 0 Å². The first-order valence-electron chi connectivity index (χ1n) is 6.04. The number of hydrogen-bond donors (Lipinski definition) is 0. The maximum Gasteiger partial charge on any atom is 0.160 e. The first-order valence-corrected chi connectivity index (χ1v) is 6.04. The van der Waals surface area contributed by atoms with Gasteiger partial charge in [-0.05, 0) is 30.7 Å². The molecule has 1 heterocycles. The molecule has 0 amide bonds. The van der Waals surface area contributed by atoms with Crippen LogP contribution in [-0.2, 0) is 0 Å². The van der Waals surface area contributed by atoms with Crippen LogP contribution in [0, 0.1) is 13.8 Å². The van der Waals surface area contributed by atoms with Crippen molar-refractivity contribution in [2.75, 3.05) is 0 Å². The third-order valence-corrected chi connectivity index (χ3v) is 3.01. The summed E-state index contributed by atoms with van der Waals surface area (Å²) in [7, 11) is 0. The van der Waals surface area contributed by atoms with E-state index in [0.29, 0.717) is 0 Å². The molecule has 2 nitrogen and oxygen atoms in total. The van der Waals surface area contributed by atoms with Gasteiger partial charge >= 0.3 is 0 Å². The van der Waals surface area contributed by atoms with Crippen LogP contribution in [0.1, 0.15) is 11.4 Å². The molecule has 0 saturated heterocycles. The number of aromatic nitrogens is 2. The Morgan fingerprint density at radius 2 is 1.44 bits per heavy atom. The highest BCUT2D eigenvalue weighted by atomic mass is 14.9. The number of nitrogens with zero attached hydrogens (tertiary/aromatic N) is 2. The number of hydrogen-bond acceptors (Lipinski definition) is 2. The number of benzene rings is 2. The lowest BCUT2D eigenvalue weighted by Crippen LogP contribution is -1.94. The molecule has 0 radical (unpaired) electrons. The monoisotopic (exact) mass is 234 g/mol. The van der Waals surface area contributed by atoms with E-state index >= 15 is 0 Å². The quantitative estimate of drug-likeness (QED) is 0.638. The maximum absolute atomic E-state index is 4.54. The van der Waals surface area contributed by atoms with Gasteiger partial charge in [-0.2, -0.15) is 0 Å². The van der Waals surface area contributed by atoms with Gasteiger partial charge < -0.3 is 0 Å². The van der Waals surface area contributed by atoms with E-state index < -0.39 is 0 Å². The molecule has 0 N–H and O–H groups in total. The van der Waals surface area contributed by atoms with Crippen molar-refractivity contribution in [2.24, 2.45) is 0 Å². The lowest BCUT2D eigenvalue weighted by molar-refractivity contribution is 1.07. The smallest absolute Gasteiger partial charge is 0.160 e. The van der Waals surface area contributed by atoms with Crippen molar-refractivity contribution in [1.29, 1.82) is 0 Å². The van der Waals surface area contributed by atoms with Crippen molar-refractivity contribution in [1.82, 2.24) is 9.97 Å². The molecular weight excluding hydrogens is 220 g/mol. The summed E-state index contributed by atoms with van der Waals surface area (Å²) in [5, 5.41) is 2.42. The van der Waals surface area contributed by atoms with Crippen LogP contribution in [0.25, 0.3) is 22.2 Å². The summed E-state index contributed by atoms with van der Waals surface area (Å²) < 4.78 is 0. The first kappa shape index (κ1) is 10.9. The molecular formula is C16H14N2. The second kappa shape index (κ2) is 4.22. The van der Waals surface area contributed by atoms with Crippen LogP contribution >= 0.6 is 0 Å². The van der Waals surface area contributed by atoms with E-state index in [9.17, 15) is 0 Å². The topological polar surface area (TPSA) is 25.8 Å². The fourth-order valence-electron chi connectivity index (χ4n) is 2.27. The standard InChI is InChI=1S/C16H14N2/c1-11-10-12(2)18-16(17-11)15-9-5-7-13-6-3-4-8-14(13)15/h3-10H,1-2H3. The van der Waals surface area contributed by atoms with Crippen molar-refractivity contribution in [3.8, 4) is 11.4 Å². The minimum Gasteiger partial charge on any atom is -0.233 e. The maximum atomic E-state index is 4.54. The molecule has 0 atom stereocenters. The Morgan fingerprint density at radius 3 is 2.22 bits per heavy atom. The van der Waals surface area contributed by atoms with E-state index in [2.05, 4.69) is 52.4 Å². The predicted octanol–water partition coefficient (Wildman–Crippen LogP) is 3.91. The third kappa shape index (κ3) is 1.86. The second-order valence-electron chi connectivity index (χ2n) is 4.50. The van der Waals surface area contributed by atoms with Crippen LogP contribution in [0.4, 0.5) is 0 Å². The molecule has 3 aromatic rings. The second-order valence-corrected chi connectivity index (χ2v) is 4.50. The van der Waals surface area contributed by atoms with Gasteiger partial charge in [0.05, 0.1) is 0 Å². The van der Waals surface area contributed by atoms with Crippen LogP contribution in [0.2, 0.25) is 0 Å². The minimum atomic E-state index is 0.810. The summed E-state index contributed by atoms with van der Waals surface area (Å²) >= 11 is 0. The molecule has 88 valence electrons. The van der Waals surface area contributed by atoms with Crippen LogP contribution in [0.3, 0.4) is 0 Å². The Kier molecular flexibility index (Phi) is 2.56. The van der Waals surface area contributed by atoms with Crippen LogP contribution in [0.15, 0.2) is 48.5 Å². The minimum absolute atomic E-state index is 0.810. The summed E-state index contributed by atoms with van der Waals surface area (Å²) in [4.78, 5) is 9.09. The van der Waals surface area contributed by atoms with Crippen molar-refractivity contribution < 1.29 is 0 Å². The van der Waals surface area contributed by atoms with E-state index in [-0.39, 0.29) is 0 Å². The van der Waals surface area contributed by atoms with Crippen molar-refractivity contribution >= 4 is 10.8 Å². The van der Waals surface area contributed by atoms with E-state index in [1.54, 1.807) is 0 Å². The molecule has 0 aliphatic heterocycles. The summed E-state index contributed by atoms with van der Waals surface area (Å²) in [6.45, 7) is 4.01. The first-order chi connectivity index (χ1) is 8.74. The Hall–Kier alpha value is -2.22. The highest BCUT2D eigenvalue weighted by Gasteiger charge is 2.06. The van der Waals surface area contributed by atoms with E-state index in [4.69, 9.17) is 0 Å². The van der Waals surface area contributed by atoms with Gasteiger partial charge in [0, 0.05) is 17.0 Å². The zero-order valence-corrected chi connectivity index (χ0v) is 10.5. The number of fused-ring (bicyclic) bond motifs is 1. The molecule has 0 saturated carbocycles. The summed E-state index contributed by atoms with van der Waals surface area (Å²) in [6, 6.07) is 16.6. The molecule has 18 heavy (non-hydrogen) atoms. The van der Waals surface area contributed by atoms with Crippen molar-refractivity contribution in [3.05, 3.63) is 59.9 Å². The zero-order chi connectivity index (χ0) is 12.5. The highest BCUT2D eigenvalue weighted by molar-refractivity contribution is 5.94. The molecule has 2 heteroatoms. The molecule has 0 spiro atoms. The Labute approximate surface area is 106 Å². The van der Waals surface area contributed by atoms with Crippen molar-refractivity contribution in [2.45, 2.75) is 13.8 Å². The summed E-state index contributed by atoms with van der Waals surface area (Å²) in [5.74, 6) is 0.810. The molecule has 0 aliphatic carbocycles. The highest BCUT2D eigenvalue weighted by Crippen LogP contribution is 2.26. The van der Waals surface area contributed by atoms with Crippen LogP contribution in [0.5, 0.6) is 0 Å². The van der Waals surface area contributed by atoms with E-state index in [1.807, 2.05) is 19.9 Å². The van der Waals surface area contributed by atoms with Gasteiger partial charge in [0.2, 0.25) is 0 Å². The van der Waals surface area contributed by atoms with Crippen molar-refractivity contribution in [3.63, 3.8) is 0 Å². The van der Waals surface area contributed by atoms with Gasteiger partial charge in [0.15, 0.2) is 5.82 Å². The van der Waals surface area contributed by atoms with Crippen LogP contribution in [-0.4, -0.2) is 9.97 Å². The SMILES string of the molecule is Cc1cc(C)nc(-c2cccc3ccccc23)n1. The van der Waals surface area contributed by atoms with Gasteiger partial charge in [0.25, 0.3) is 0 Å². The fraction of sp³-hybridized carbons (Fsp3) is 0.125. The molecule has 1 aromatic heterocycles. The average Bonchev–Trinajstić information content (AvgIpc) is 2.37. The zero-order valence-electron chi connectivity index (χ0n) is 10.5. The lowest BCUT2D eigenvalue weighted by Gasteiger charge is -2.07. The molecule has 0 aliphatic rings. The number of aryl methyl sites for hydroxylation is 2. The van der Waals surface area contributed by atoms with Gasteiger partial charge in [-0.15, -0.1) is 0 Å². The van der Waals surface area contributed by atoms with E-state index in [1.165, 1.54) is 10.8 Å². The number of rotatable bonds is 1. The van der Waals surface area contributed by atoms with Gasteiger partial charge in [0.1, 0.15) is 0 Å².